The lowest BCUT2D eigenvalue weighted by Crippen LogP contribution is -2.45. The minimum atomic E-state index is -0.0125. The van der Waals surface area contributed by atoms with Crippen LogP contribution >= 0.6 is 0 Å². The Kier molecular flexibility index (Phi) is 6.67. The first-order valence-electron chi connectivity index (χ1n) is 6.28. The molecule has 1 amide bonds. The van der Waals surface area contributed by atoms with E-state index in [2.05, 4.69) is 5.16 Å². The summed E-state index contributed by atoms with van der Waals surface area (Å²) in [4.78, 5) is 13.6. The maximum absolute atomic E-state index is 11.9. The van der Waals surface area contributed by atoms with Gasteiger partial charge in [0.2, 0.25) is 5.91 Å². The summed E-state index contributed by atoms with van der Waals surface area (Å²) in [5, 5.41) is 12.2. The Balaban J connectivity index is 2.36. The van der Waals surface area contributed by atoms with E-state index in [1.54, 1.807) is 12.0 Å². The number of amides is 1. The molecule has 0 radical (unpaired) electrons. The van der Waals surface area contributed by atoms with E-state index in [-0.39, 0.29) is 18.4 Å². The van der Waals surface area contributed by atoms with Gasteiger partial charge in [0.1, 0.15) is 6.61 Å². The summed E-state index contributed by atoms with van der Waals surface area (Å²) in [5.41, 5.74) is 0.793. The number of hydrogen-bond donors (Lipinski definition) is 1. The summed E-state index contributed by atoms with van der Waals surface area (Å²) in [5.74, 6) is 0.146. The van der Waals surface area contributed by atoms with Crippen LogP contribution in [-0.2, 0) is 14.3 Å². The Morgan fingerprint density at radius 3 is 2.94 bits per heavy atom. The van der Waals surface area contributed by atoms with Gasteiger partial charge in [-0.15, -0.1) is 0 Å². The van der Waals surface area contributed by atoms with Crippen LogP contribution in [0.1, 0.15) is 19.8 Å². The zero-order chi connectivity index (χ0) is 13.4. The number of carbonyl (C=O) groups is 1. The number of ether oxygens (including phenoxy) is 2. The van der Waals surface area contributed by atoms with Crippen LogP contribution < -0.4 is 0 Å². The number of carbonyl (C=O) groups excluding carboxylic acids is 1. The summed E-state index contributed by atoms with van der Waals surface area (Å²) in [6, 6.07) is 0. The minimum Gasteiger partial charge on any atom is -0.411 e. The van der Waals surface area contributed by atoms with Crippen molar-refractivity contribution >= 4 is 11.6 Å². The number of rotatable bonds is 6. The normalized spacial score (nSPS) is 22.4. The van der Waals surface area contributed by atoms with Gasteiger partial charge in [0.05, 0.1) is 18.9 Å². The van der Waals surface area contributed by atoms with E-state index in [1.165, 1.54) is 0 Å². The monoisotopic (exact) mass is 258 g/mol. The molecule has 1 unspecified atom stereocenters. The third-order valence-electron chi connectivity index (χ3n) is 3.18. The molecule has 0 aromatic heterocycles. The predicted octanol–water partition coefficient (Wildman–Crippen LogP) is 0.738. The SMILES string of the molecule is CCC1CN(C(=O)COCCOC)CCC1=NO. The highest BCUT2D eigenvalue weighted by Gasteiger charge is 2.27. The molecule has 0 aromatic carbocycles. The second-order valence-corrected chi connectivity index (χ2v) is 4.33. The van der Waals surface area contributed by atoms with Crippen molar-refractivity contribution in [2.75, 3.05) is 40.0 Å². The van der Waals surface area contributed by atoms with Crippen LogP contribution in [0.3, 0.4) is 0 Å². The van der Waals surface area contributed by atoms with E-state index < -0.39 is 0 Å². The maximum Gasteiger partial charge on any atom is 0.248 e. The van der Waals surface area contributed by atoms with Crippen molar-refractivity contribution in [1.29, 1.82) is 0 Å². The number of piperidine rings is 1. The molecular weight excluding hydrogens is 236 g/mol. The Morgan fingerprint density at radius 2 is 2.33 bits per heavy atom. The first kappa shape index (κ1) is 14.9. The highest BCUT2D eigenvalue weighted by atomic mass is 16.5. The van der Waals surface area contributed by atoms with Gasteiger partial charge in [0, 0.05) is 32.5 Å². The van der Waals surface area contributed by atoms with E-state index in [9.17, 15) is 4.79 Å². The van der Waals surface area contributed by atoms with Gasteiger partial charge in [0.25, 0.3) is 0 Å². The van der Waals surface area contributed by atoms with Crippen molar-refractivity contribution in [3.05, 3.63) is 0 Å². The van der Waals surface area contributed by atoms with Crippen LogP contribution in [0.15, 0.2) is 5.16 Å². The molecule has 1 atom stereocenters. The molecule has 1 fully saturated rings. The standard InChI is InChI=1S/C12H22N2O4/c1-3-10-8-14(5-4-11(10)13-16)12(15)9-18-7-6-17-2/h10,16H,3-9H2,1-2H3. The van der Waals surface area contributed by atoms with Gasteiger partial charge in [-0.25, -0.2) is 0 Å². The number of nitrogens with zero attached hydrogens (tertiary/aromatic N) is 2. The van der Waals surface area contributed by atoms with Crippen molar-refractivity contribution in [1.82, 2.24) is 4.90 Å². The van der Waals surface area contributed by atoms with Crippen LogP contribution in [0.4, 0.5) is 0 Å². The van der Waals surface area contributed by atoms with Gasteiger partial charge in [-0.3, -0.25) is 4.79 Å². The first-order valence-corrected chi connectivity index (χ1v) is 6.28. The fraction of sp³-hybridized carbons (Fsp3) is 0.833. The Bertz CT molecular complexity index is 294. The molecule has 1 aliphatic rings. The van der Waals surface area contributed by atoms with Crippen LogP contribution in [0.25, 0.3) is 0 Å². The molecule has 0 saturated carbocycles. The fourth-order valence-electron chi connectivity index (χ4n) is 2.03. The van der Waals surface area contributed by atoms with Gasteiger partial charge >= 0.3 is 0 Å². The molecule has 1 rings (SSSR count). The summed E-state index contributed by atoms with van der Waals surface area (Å²) in [6.45, 7) is 4.25. The zero-order valence-electron chi connectivity index (χ0n) is 11.1. The lowest BCUT2D eigenvalue weighted by molar-refractivity contribution is -0.137. The van der Waals surface area contributed by atoms with Crippen molar-refractivity contribution in [3.63, 3.8) is 0 Å². The number of hydrogen-bond acceptors (Lipinski definition) is 5. The molecular formula is C12H22N2O4. The van der Waals surface area contributed by atoms with Crippen LogP contribution in [-0.4, -0.2) is 61.7 Å². The number of likely N-dealkylation sites (tertiary alicyclic amines) is 1. The number of methoxy groups -OCH3 is 1. The minimum absolute atomic E-state index is 0.0125. The molecule has 6 nitrogen and oxygen atoms in total. The average molecular weight is 258 g/mol. The molecule has 18 heavy (non-hydrogen) atoms. The highest BCUT2D eigenvalue weighted by Crippen LogP contribution is 2.17. The van der Waals surface area contributed by atoms with E-state index in [0.717, 1.165) is 12.1 Å². The molecule has 1 saturated heterocycles. The second-order valence-electron chi connectivity index (χ2n) is 4.33. The molecule has 104 valence electrons. The fourth-order valence-corrected chi connectivity index (χ4v) is 2.03. The van der Waals surface area contributed by atoms with Crippen LogP contribution in [0, 0.1) is 5.92 Å². The molecule has 0 spiro atoms. The molecule has 0 aliphatic carbocycles. The zero-order valence-corrected chi connectivity index (χ0v) is 11.1. The van der Waals surface area contributed by atoms with Crippen molar-refractivity contribution < 1.29 is 19.5 Å². The van der Waals surface area contributed by atoms with Crippen LogP contribution in [0.5, 0.6) is 0 Å². The second kappa shape index (κ2) is 8.05. The van der Waals surface area contributed by atoms with E-state index >= 15 is 0 Å². The van der Waals surface area contributed by atoms with Gasteiger partial charge in [0.15, 0.2) is 0 Å². The molecule has 1 heterocycles. The van der Waals surface area contributed by atoms with Gasteiger partial charge in [-0.05, 0) is 6.42 Å². The Morgan fingerprint density at radius 1 is 1.56 bits per heavy atom. The topological polar surface area (TPSA) is 71.4 Å². The molecule has 1 N–H and O–H groups in total. The quantitative estimate of drug-likeness (QED) is 0.433. The third-order valence-corrected chi connectivity index (χ3v) is 3.18. The third kappa shape index (κ3) is 4.27. The van der Waals surface area contributed by atoms with Crippen molar-refractivity contribution in [2.24, 2.45) is 11.1 Å². The summed E-state index contributed by atoms with van der Waals surface area (Å²) < 4.78 is 10.1. The Labute approximate surface area is 108 Å². The van der Waals surface area contributed by atoms with Gasteiger partial charge in [-0.1, -0.05) is 12.1 Å². The largest absolute Gasteiger partial charge is 0.411 e. The van der Waals surface area contributed by atoms with E-state index in [1.807, 2.05) is 6.92 Å². The summed E-state index contributed by atoms with van der Waals surface area (Å²) in [7, 11) is 1.59. The van der Waals surface area contributed by atoms with E-state index in [4.69, 9.17) is 14.7 Å². The van der Waals surface area contributed by atoms with Crippen molar-refractivity contribution in [2.45, 2.75) is 19.8 Å². The average Bonchev–Trinajstić information content (AvgIpc) is 2.42. The molecule has 0 bridgehead atoms. The molecule has 0 aromatic rings. The summed E-state index contributed by atoms with van der Waals surface area (Å²) in [6.07, 6.45) is 1.51. The first-order chi connectivity index (χ1) is 8.72. The van der Waals surface area contributed by atoms with Crippen LogP contribution in [0.2, 0.25) is 0 Å². The lowest BCUT2D eigenvalue weighted by atomic mass is 9.93. The predicted molar refractivity (Wildman–Crippen MR) is 66.9 cm³/mol. The maximum atomic E-state index is 11.9. The smallest absolute Gasteiger partial charge is 0.248 e. The molecule has 6 heteroatoms. The molecule has 1 aliphatic heterocycles. The van der Waals surface area contributed by atoms with Gasteiger partial charge < -0.3 is 19.6 Å². The lowest BCUT2D eigenvalue weighted by Gasteiger charge is -2.32. The highest BCUT2D eigenvalue weighted by molar-refractivity contribution is 5.89. The van der Waals surface area contributed by atoms with Gasteiger partial charge in [-0.2, -0.15) is 0 Å². The van der Waals surface area contributed by atoms with Crippen molar-refractivity contribution in [3.8, 4) is 0 Å². The summed E-state index contributed by atoms with van der Waals surface area (Å²) >= 11 is 0. The number of oxime groups is 1. The van der Waals surface area contributed by atoms with E-state index in [0.29, 0.717) is 32.7 Å². The Hall–Kier alpha value is -1.14.